The van der Waals surface area contributed by atoms with Crippen molar-refractivity contribution in [2.24, 2.45) is 5.92 Å². The minimum Gasteiger partial charge on any atom is -0.496 e. The van der Waals surface area contributed by atoms with E-state index in [4.69, 9.17) is 4.74 Å². The number of hydrogen-bond acceptors (Lipinski definition) is 3. The first-order valence-corrected chi connectivity index (χ1v) is 7.94. The molecule has 1 saturated carbocycles. The predicted octanol–water partition coefficient (Wildman–Crippen LogP) is 2.84. The lowest BCUT2D eigenvalue weighted by molar-refractivity contribution is -0.134. The lowest BCUT2D eigenvalue weighted by atomic mass is 9.73. The van der Waals surface area contributed by atoms with Gasteiger partial charge in [0, 0.05) is 5.56 Å². The van der Waals surface area contributed by atoms with Gasteiger partial charge in [0.2, 0.25) is 0 Å². The van der Waals surface area contributed by atoms with E-state index in [2.05, 4.69) is 5.32 Å². The zero-order chi connectivity index (χ0) is 16.6. The van der Waals surface area contributed by atoms with Crippen LogP contribution in [0.15, 0.2) is 18.2 Å². The molecule has 3 rings (SSSR count). The molecule has 0 radical (unpaired) electrons. The zero-order valence-corrected chi connectivity index (χ0v) is 13.4. The summed E-state index contributed by atoms with van der Waals surface area (Å²) in [5.41, 5.74) is -0.313. The largest absolute Gasteiger partial charge is 0.496 e. The number of imide groups is 1. The van der Waals surface area contributed by atoms with Crippen molar-refractivity contribution in [1.82, 2.24) is 10.2 Å². The molecule has 0 aromatic heterocycles. The number of benzene rings is 1. The van der Waals surface area contributed by atoms with Crippen LogP contribution in [0.25, 0.3) is 0 Å². The van der Waals surface area contributed by atoms with Gasteiger partial charge in [-0.1, -0.05) is 19.8 Å². The van der Waals surface area contributed by atoms with Crippen LogP contribution < -0.4 is 10.1 Å². The van der Waals surface area contributed by atoms with E-state index in [1.165, 1.54) is 30.2 Å². The van der Waals surface area contributed by atoms with Gasteiger partial charge in [-0.05, 0) is 37.0 Å². The fraction of sp³-hybridized carbons (Fsp3) is 0.529. The van der Waals surface area contributed by atoms with Gasteiger partial charge in [0.1, 0.15) is 17.1 Å². The van der Waals surface area contributed by atoms with Crippen LogP contribution >= 0.6 is 0 Å². The van der Waals surface area contributed by atoms with Gasteiger partial charge in [-0.25, -0.2) is 9.18 Å². The van der Waals surface area contributed by atoms with Crippen LogP contribution in [-0.4, -0.2) is 29.5 Å². The lowest BCUT2D eigenvalue weighted by Gasteiger charge is -2.36. The van der Waals surface area contributed by atoms with E-state index >= 15 is 0 Å². The summed E-state index contributed by atoms with van der Waals surface area (Å²) >= 11 is 0. The number of halogens is 1. The number of urea groups is 1. The molecule has 1 aliphatic carbocycles. The third-order valence-corrected chi connectivity index (χ3v) is 5.07. The highest BCUT2D eigenvalue weighted by Gasteiger charge is 2.54. The van der Waals surface area contributed by atoms with Crippen molar-refractivity contribution in [2.45, 2.75) is 44.7 Å². The van der Waals surface area contributed by atoms with Crippen molar-refractivity contribution < 1.29 is 18.7 Å². The van der Waals surface area contributed by atoms with E-state index < -0.39 is 17.4 Å². The summed E-state index contributed by atoms with van der Waals surface area (Å²) in [5.74, 6) is -0.0636. The Morgan fingerprint density at radius 1 is 1.39 bits per heavy atom. The van der Waals surface area contributed by atoms with E-state index in [0.29, 0.717) is 17.7 Å². The highest BCUT2D eigenvalue weighted by atomic mass is 19.1. The van der Waals surface area contributed by atoms with Crippen molar-refractivity contribution in [3.8, 4) is 5.75 Å². The van der Waals surface area contributed by atoms with Gasteiger partial charge < -0.3 is 10.1 Å². The summed E-state index contributed by atoms with van der Waals surface area (Å²) in [6.45, 7) is 2.02. The summed E-state index contributed by atoms with van der Waals surface area (Å²) < 4.78 is 18.7. The highest BCUT2D eigenvalue weighted by molar-refractivity contribution is 6.07. The van der Waals surface area contributed by atoms with Crippen LogP contribution in [0.3, 0.4) is 0 Å². The van der Waals surface area contributed by atoms with Crippen molar-refractivity contribution in [3.05, 3.63) is 29.6 Å². The second-order valence-electron chi connectivity index (χ2n) is 6.40. The molecule has 2 aliphatic rings. The first-order chi connectivity index (χ1) is 11.0. The van der Waals surface area contributed by atoms with E-state index in [1.54, 1.807) is 0 Å². The van der Waals surface area contributed by atoms with Crippen molar-refractivity contribution in [2.75, 3.05) is 7.11 Å². The molecule has 2 unspecified atom stereocenters. The molecule has 6 heteroatoms. The number of nitrogens with zero attached hydrogens (tertiary/aromatic N) is 1. The molecule has 1 aromatic rings. The van der Waals surface area contributed by atoms with Gasteiger partial charge in [-0.2, -0.15) is 0 Å². The van der Waals surface area contributed by atoms with Crippen LogP contribution in [0.2, 0.25) is 0 Å². The van der Waals surface area contributed by atoms with E-state index in [9.17, 15) is 14.0 Å². The van der Waals surface area contributed by atoms with E-state index in [1.807, 2.05) is 6.92 Å². The van der Waals surface area contributed by atoms with Crippen LogP contribution in [0.1, 0.15) is 38.2 Å². The van der Waals surface area contributed by atoms with Gasteiger partial charge in [0.15, 0.2) is 0 Å². The number of ether oxygens (including phenoxy) is 1. The third kappa shape index (κ3) is 2.56. The molecule has 1 aliphatic heterocycles. The Kier molecular flexibility index (Phi) is 4.00. The highest BCUT2D eigenvalue weighted by Crippen LogP contribution is 2.39. The number of hydrogen-bond donors (Lipinski definition) is 1. The summed E-state index contributed by atoms with van der Waals surface area (Å²) in [4.78, 5) is 26.4. The Balaban J connectivity index is 1.88. The Hall–Kier alpha value is -2.11. The number of methoxy groups -OCH3 is 1. The first-order valence-electron chi connectivity index (χ1n) is 7.94. The Bertz CT molecular complexity index is 649. The molecule has 1 heterocycles. The van der Waals surface area contributed by atoms with Gasteiger partial charge in [0.25, 0.3) is 5.91 Å². The number of rotatable bonds is 3. The molecular formula is C17H21FN2O3. The van der Waals surface area contributed by atoms with E-state index in [-0.39, 0.29) is 18.4 Å². The SMILES string of the molecule is COc1ccc(F)cc1CN1C(=O)NC2(CCCCC2C)C1=O. The van der Waals surface area contributed by atoms with Gasteiger partial charge >= 0.3 is 6.03 Å². The molecule has 1 N–H and O–H groups in total. The average Bonchev–Trinajstić information content (AvgIpc) is 2.76. The van der Waals surface area contributed by atoms with Crippen LogP contribution in [-0.2, 0) is 11.3 Å². The molecule has 23 heavy (non-hydrogen) atoms. The van der Waals surface area contributed by atoms with Crippen LogP contribution in [0, 0.1) is 11.7 Å². The molecule has 1 spiro atoms. The maximum Gasteiger partial charge on any atom is 0.325 e. The second-order valence-corrected chi connectivity index (χ2v) is 6.40. The summed E-state index contributed by atoms with van der Waals surface area (Å²) in [6, 6.07) is 3.69. The molecule has 5 nitrogen and oxygen atoms in total. The van der Waals surface area contributed by atoms with E-state index in [0.717, 1.165) is 19.3 Å². The van der Waals surface area contributed by atoms with Crippen molar-refractivity contribution in [1.29, 1.82) is 0 Å². The Morgan fingerprint density at radius 3 is 2.87 bits per heavy atom. The summed E-state index contributed by atoms with van der Waals surface area (Å²) in [5, 5.41) is 2.89. The molecular weight excluding hydrogens is 299 g/mol. The minimum absolute atomic E-state index is 0.0140. The molecule has 2 fully saturated rings. The maximum absolute atomic E-state index is 13.5. The maximum atomic E-state index is 13.5. The molecule has 0 bridgehead atoms. The van der Waals surface area contributed by atoms with Gasteiger partial charge in [-0.15, -0.1) is 0 Å². The molecule has 2 atom stereocenters. The third-order valence-electron chi connectivity index (χ3n) is 5.07. The number of nitrogens with one attached hydrogen (secondary N) is 1. The number of amides is 3. The van der Waals surface area contributed by atoms with Crippen LogP contribution in [0.4, 0.5) is 9.18 Å². The standard InChI is InChI=1S/C17H21FN2O3/c1-11-5-3-4-8-17(11)15(21)20(16(22)19-17)10-12-9-13(18)6-7-14(12)23-2/h6-7,9,11H,3-5,8,10H2,1-2H3,(H,19,22). The van der Waals surface area contributed by atoms with Crippen molar-refractivity contribution >= 4 is 11.9 Å². The second kappa shape index (κ2) is 5.83. The monoisotopic (exact) mass is 320 g/mol. The molecule has 1 aromatic carbocycles. The first kappa shape index (κ1) is 15.8. The lowest BCUT2D eigenvalue weighted by Crippen LogP contribution is -2.53. The Morgan fingerprint density at radius 2 is 2.17 bits per heavy atom. The fourth-order valence-electron chi connectivity index (χ4n) is 3.68. The predicted molar refractivity (Wildman–Crippen MR) is 82.4 cm³/mol. The Labute approximate surface area is 134 Å². The smallest absolute Gasteiger partial charge is 0.325 e. The quantitative estimate of drug-likeness (QED) is 0.871. The van der Waals surface area contributed by atoms with Crippen molar-refractivity contribution in [3.63, 3.8) is 0 Å². The number of carbonyl (C=O) groups excluding carboxylic acids is 2. The normalized spacial score (nSPS) is 27.4. The average molecular weight is 320 g/mol. The topological polar surface area (TPSA) is 58.6 Å². The van der Waals surface area contributed by atoms with Gasteiger partial charge in [-0.3, -0.25) is 9.69 Å². The molecule has 124 valence electrons. The minimum atomic E-state index is -0.796. The zero-order valence-electron chi connectivity index (χ0n) is 13.4. The summed E-state index contributed by atoms with van der Waals surface area (Å²) in [7, 11) is 1.48. The molecule has 1 saturated heterocycles. The fourth-order valence-corrected chi connectivity index (χ4v) is 3.68. The van der Waals surface area contributed by atoms with Gasteiger partial charge in [0.05, 0.1) is 13.7 Å². The van der Waals surface area contributed by atoms with Crippen LogP contribution in [0.5, 0.6) is 5.75 Å². The summed E-state index contributed by atoms with van der Waals surface area (Å²) in [6.07, 6.45) is 3.58. The molecule has 3 amide bonds. The number of carbonyl (C=O) groups is 2.